The van der Waals surface area contributed by atoms with Gasteiger partial charge in [0.15, 0.2) is 0 Å². The summed E-state index contributed by atoms with van der Waals surface area (Å²) >= 11 is 0. The largest absolute Gasteiger partial charge is 0.370 e. The minimum Gasteiger partial charge on any atom is -0.370 e. The molecule has 1 saturated heterocycles. The first-order chi connectivity index (χ1) is 10.3. The third-order valence-electron chi connectivity index (χ3n) is 4.31. The Balaban J connectivity index is 2.07. The Morgan fingerprint density at radius 3 is 3.00 bits per heavy atom. The van der Waals surface area contributed by atoms with Crippen molar-refractivity contribution in [2.24, 2.45) is 0 Å². The number of nitrogens with zero attached hydrogens (tertiary/aromatic N) is 3. The van der Waals surface area contributed by atoms with Crippen molar-refractivity contribution >= 4 is 16.6 Å². The van der Waals surface area contributed by atoms with Crippen LogP contribution in [0.25, 0.3) is 10.9 Å². The summed E-state index contributed by atoms with van der Waals surface area (Å²) in [6.07, 6.45) is 5.14. The van der Waals surface area contributed by atoms with Gasteiger partial charge in [-0.3, -0.25) is 4.98 Å². The van der Waals surface area contributed by atoms with Crippen LogP contribution in [0.15, 0.2) is 30.5 Å². The van der Waals surface area contributed by atoms with Gasteiger partial charge in [0, 0.05) is 24.7 Å². The van der Waals surface area contributed by atoms with Gasteiger partial charge in [-0.15, -0.1) is 0 Å². The number of benzene rings is 1. The maximum atomic E-state index is 9.45. The van der Waals surface area contributed by atoms with E-state index in [-0.39, 0.29) is 0 Å². The first-order valence-electron chi connectivity index (χ1n) is 7.52. The van der Waals surface area contributed by atoms with Crippen LogP contribution in [-0.4, -0.2) is 31.2 Å². The Kier molecular flexibility index (Phi) is 4.03. The topological polar surface area (TPSA) is 52.0 Å². The fourth-order valence-corrected chi connectivity index (χ4v) is 3.16. The number of nitriles is 1. The predicted octanol–water partition coefficient (Wildman–Crippen LogP) is 2.68. The van der Waals surface area contributed by atoms with Crippen molar-refractivity contribution in [2.75, 3.05) is 25.0 Å². The normalized spacial score (nSPS) is 19.0. The van der Waals surface area contributed by atoms with Crippen molar-refractivity contribution < 1.29 is 0 Å². The third-order valence-corrected chi connectivity index (χ3v) is 4.31. The van der Waals surface area contributed by atoms with Gasteiger partial charge < -0.3 is 10.2 Å². The molecule has 108 valence electrons. The van der Waals surface area contributed by atoms with Gasteiger partial charge in [0.05, 0.1) is 16.8 Å². The van der Waals surface area contributed by atoms with Gasteiger partial charge in [0.2, 0.25) is 0 Å². The molecule has 1 aromatic carbocycles. The van der Waals surface area contributed by atoms with E-state index >= 15 is 0 Å². The number of fused-ring (bicyclic) bond motifs is 1. The van der Waals surface area contributed by atoms with E-state index in [1.54, 1.807) is 6.20 Å². The monoisotopic (exact) mass is 280 g/mol. The summed E-state index contributed by atoms with van der Waals surface area (Å²) in [4.78, 5) is 6.68. The van der Waals surface area contributed by atoms with Crippen molar-refractivity contribution in [3.8, 4) is 6.07 Å². The quantitative estimate of drug-likeness (QED) is 0.919. The van der Waals surface area contributed by atoms with E-state index in [1.807, 2.05) is 18.2 Å². The Hall–Kier alpha value is -2.12. The number of nitrogens with one attached hydrogen (secondary N) is 1. The zero-order valence-electron chi connectivity index (χ0n) is 12.3. The standard InChI is InChI=1S/C17H20N4/c1-21(14-5-4-9-19-10-8-14)17-13(11-18)12-20-16-7-3-2-6-15(16)17/h2-3,6-7,12,14,19H,4-5,8-10H2,1H3. The van der Waals surface area contributed by atoms with Gasteiger partial charge in [-0.1, -0.05) is 18.2 Å². The van der Waals surface area contributed by atoms with Gasteiger partial charge >= 0.3 is 0 Å². The Labute approximate surface area is 125 Å². The molecule has 1 fully saturated rings. The van der Waals surface area contributed by atoms with Gasteiger partial charge in [0.1, 0.15) is 6.07 Å². The maximum Gasteiger partial charge on any atom is 0.103 e. The lowest BCUT2D eigenvalue weighted by atomic mass is 10.0. The first-order valence-corrected chi connectivity index (χ1v) is 7.52. The number of pyridine rings is 1. The molecule has 0 saturated carbocycles. The number of aromatic nitrogens is 1. The molecular weight excluding hydrogens is 260 g/mol. The molecular formula is C17H20N4. The summed E-state index contributed by atoms with van der Waals surface area (Å²) in [5.74, 6) is 0. The van der Waals surface area contributed by atoms with Gasteiger partial charge in [-0.2, -0.15) is 5.26 Å². The van der Waals surface area contributed by atoms with Crippen LogP contribution in [0.1, 0.15) is 24.8 Å². The molecule has 1 aromatic heterocycles. The van der Waals surface area contributed by atoms with Crippen molar-refractivity contribution in [1.29, 1.82) is 5.26 Å². The number of hydrogen-bond acceptors (Lipinski definition) is 4. The number of hydrogen-bond donors (Lipinski definition) is 1. The third kappa shape index (κ3) is 2.70. The molecule has 1 N–H and O–H groups in total. The molecule has 1 unspecified atom stereocenters. The number of rotatable bonds is 2. The van der Waals surface area contributed by atoms with E-state index in [0.717, 1.165) is 42.5 Å². The second-order valence-electron chi connectivity index (χ2n) is 5.60. The van der Waals surface area contributed by atoms with E-state index in [2.05, 4.69) is 34.4 Å². The molecule has 4 heteroatoms. The summed E-state index contributed by atoms with van der Waals surface area (Å²) < 4.78 is 0. The summed E-state index contributed by atoms with van der Waals surface area (Å²) in [7, 11) is 2.11. The fourth-order valence-electron chi connectivity index (χ4n) is 3.16. The van der Waals surface area contributed by atoms with Crippen molar-refractivity contribution in [3.63, 3.8) is 0 Å². The smallest absolute Gasteiger partial charge is 0.103 e. The Morgan fingerprint density at radius 1 is 1.29 bits per heavy atom. The highest BCUT2D eigenvalue weighted by atomic mass is 15.1. The maximum absolute atomic E-state index is 9.45. The number of para-hydroxylation sites is 1. The van der Waals surface area contributed by atoms with E-state index in [0.29, 0.717) is 11.6 Å². The molecule has 1 aliphatic rings. The Bertz CT molecular complexity index is 666. The lowest BCUT2D eigenvalue weighted by Gasteiger charge is -2.30. The minimum atomic E-state index is 0.470. The van der Waals surface area contributed by atoms with Crippen molar-refractivity contribution in [1.82, 2.24) is 10.3 Å². The number of anilines is 1. The van der Waals surface area contributed by atoms with Crippen LogP contribution in [-0.2, 0) is 0 Å². The van der Waals surface area contributed by atoms with E-state index < -0.39 is 0 Å². The highest BCUT2D eigenvalue weighted by Crippen LogP contribution is 2.31. The van der Waals surface area contributed by atoms with E-state index in [4.69, 9.17) is 0 Å². The molecule has 1 atom stereocenters. The van der Waals surface area contributed by atoms with Gasteiger partial charge in [0.25, 0.3) is 0 Å². The van der Waals surface area contributed by atoms with Crippen LogP contribution in [0.4, 0.5) is 5.69 Å². The first kappa shape index (κ1) is 13.8. The zero-order valence-corrected chi connectivity index (χ0v) is 12.3. The lowest BCUT2D eigenvalue weighted by molar-refractivity contribution is 0.567. The van der Waals surface area contributed by atoms with Crippen LogP contribution in [0.3, 0.4) is 0 Å². The molecule has 2 heterocycles. The van der Waals surface area contributed by atoms with E-state index in [1.165, 1.54) is 6.42 Å². The summed E-state index contributed by atoms with van der Waals surface area (Å²) in [5, 5.41) is 14.0. The zero-order chi connectivity index (χ0) is 14.7. The highest BCUT2D eigenvalue weighted by molar-refractivity contribution is 5.94. The fraction of sp³-hybridized carbons (Fsp3) is 0.412. The predicted molar refractivity (Wildman–Crippen MR) is 85.4 cm³/mol. The molecule has 0 aliphatic carbocycles. The lowest BCUT2D eigenvalue weighted by Crippen LogP contribution is -2.33. The summed E-state index contributed by atoms with van der Waals surface area (Å²) in [6, 6.07) is 10.8. The molecule has 0 bridgehead atoms. The van der Waals surface area contributed by atoms with Crippen molar-refractivity contribution in [3.05, 3.63) is 36.0 Å². The van der Waals surface area contributed by atoms with Gasteiger partial charge in [-0.05, 0) is 38.4 Å². The van der Waals surface area contributed by atoms with Crippen LogP contribution in [0, 0.1) is 11.3 Å². The van der Waals surface area contributed by atoms with Crippen LogP contribution >= 0.6 is 0 Å². The SMILES string of the molecule is CN(c1c(C#N)cnc2ccccc12)C1CCCNCC1. The molecule has 0 spiro atoms. The van der Waals surface area contributed by atoms with E-state index in [9.17, 15) is 5.26 Å². The molecule has 4 nitrogen and oxygen atoms in total. The molecule has 3 rings (SSSR count). The second kappa shape index (κ2) is 6.11. The second-order valence-corrected chi connectivity index (χ2v) is 5.60. The minimum absolute atomic E-state index is 0.470. The van der Waals surface area contributed by atoms with Gasteiger partial charge in [-0.25, -0.2) is 0 Å². The average molecular weight is 280 g/mol. The van der Waals surface area contributed by atoms with Crippen LogP contribution < -0.4 is 10.2 Å². The molecule has 0 radical (unpaired) electrons. The Morgan fingerprint density at radius 2 is 2.14 bits per heavy atom. The molecule has 2 aromatic rings. The van der Waals surface area contributed by atoms with Crippen LogP contribution in [0.5, 0.6) is 0 Å². The molecule has 0 amide bonds. The molecule has 1 aliphatic heterocycles. The average Bonchev–Trinajstić information content (AvgIpc) is 2.82. The summed E-state index contributed by atoms with van der Waals surface area (Å²) in [6.45, 7) is 2.13. The summed E-state index contributed by atoms with van der Waals surface area (Å²) in [5.41, 5.74) is 2.63. The highest BCUT2D eigenvalue weighted by Gasteiger charge is 2.21. The van der Waals surface area contributed by atoms with Crippen molar-refractivity contribution in [2.45, 2.75) is 25.3 Å². The van der Waals surface area contributed by atoms with Crippen LogP contribution in [0.2, 0.25) is 0 Å². The molecule has 21 heavy (non-hydrogen) atoms.